The molecule has 1 unspecified atom stereocenters. The summed E-state index contributed by atoms with van der Waals surface area (Å²) >= 11 is 1.61. The highest BCUT2D eigenvalue weighted by Gasteiger charge is 2.19. The maximum absolute atomic E-state index is 13.2. The molecule has 0 spiro atoms. The second-order valence-corrected chi connectivity index (χ2v) is 6.07. The predicted octanol–water partition coefficient (Wildman–Crippen LogP) is 4.05. The number of halogens is 1. The van der Waals surface area contributed by atoms with Gasteiger partial charge in [0, 0.05) is 9.58 Å². The molecule has 0 bridgehead atoms. The van der Waals surface area contributed by atoms with Crippen LogP contribution >= 0.6 is 11.3 Å². The molecule has 2 nitrogen and oxygen atoms in total. The Bertz CT molecular complexity index is 618. The highest BCUT2D eigenvalue weighted by atomic mass is 32.1. The Morgan fingerprint density at radius 3 is 2.89 bits per heavy atom. The van der Waals surface area contributed by atoms with Crippen molar-refractivity contribution in [3.63, 3.8) is 0 Å². The lowest BCUT2D eigenvalue weighted by Gasteiger charge is -2.21. The summed E-state index contributed by atoms with van der Waals surface area (Å²) in [5.41, 5.74) is 4.27. The van der Waals surface area contributed by atoms with Crippen LogP contribution in [-0.2, 0) is 0 Å². The van der Waals surface area contributed by atoms with E-state index in [0.29, 0.717) is 0 Å². The van der Waals surface area contributed by atoms with Crippen molar-refractivity contribution in [2.45, 2.75) is 31.7 Å². The quantitative estimate of drug-likeness (QED) is 0.504. The standard InChI is InChI=1S/C15H17FN2S/c16-12-7-6-11-8-14(19-13(11)9-12)15(18-17)10-4-2-1-3-5-10/h4,6-9,15,18H,1-3,5,17H2. The van der Waals surface area contributed by atoms with Crippen molar-refractivity contribution in [1.29, 1.82) is 0 Å². The van der Waals surface area contributed by atoms with Crippen molar-refractivity contribution in [3.8, 4) is 0 Å². The molecular formula is C15H17FN2S. The number of nitrogens with one attached hydrogen (secondary N) is 1. The second kappa shape index (κ2) is 5.41. The Labute approximate surface area is 116 Å². The van der Waals surface area contributed by atoms with E-state index in [2.05, 4.69) is 17.6 Å². The molecule has 1 aromatic carbocycles. The lowest BCUT2D eigenvalue weighted by atomic mass is 9.93. The molecule has 1 aliphatic carbocycles. The zero-order valence-corrected chi connectivity index (χ0v) is 11.5. The van der Waals surface area contributed by atoms with E-state index >= 15 is 0 Å². The van der Waals surface area contributed by atoms with Crippen LogP contribution in [0.1, 0.15) is 36.6 Å². The van der Waals surface area contributed by atoms with E-state index in [9.17, 15) is 4.39 Å². The van der Waals surface area contributed by atoms with E-state index in [1.165, 1.54) is 24.5 Å². The molecule has 0 fully saturated rings. The van der Waals surface area contributed by atoms with Crippen molar-refractivity contribution in [3.05, 3.63) is 46.6 Å². The first-order chi connectivity index (χ1) is 9.28. The van der Waals surface area contributed by atoms with Gasteiger partial charge in [-0.05, 0) is 49.3 Å². The molecule has 0 saturated heterocycles. The molecule has 1 aliphatic rings. The molecule has 100 valence electrons. The molecule has 2 aromatic rings. The summed E-state index contributed by atoms with van der Waals surface area (Å²) in [5, 5.41) is 1.08. The van der Waals surface area contributed by atoms with Crippen LogP contribution in [0, 0.1) is 5.82 Å². The first kappa shape index (κ1) is 12.8. The highest BCUT2D eigenvalue weighted by Crippen LogP contribution is 2.36. The molecule has 0 saturated carbocycles. The van der Waals surface area contributed by atoms with Crippen molar-refractivity contribution >= 4 is 21.4 Å². The van der Waals surface area contributed by atoms with E-state index < -0.39 is 0 Å². The largest absolute Gasteiger partial charge is 0.271 e. The molecule has 3 N–H and O–H groups in total. The summed E-state index contributed by atoms with van der Waals surface area (Å²) in [6, 6.07) is 7.10. The number of hydrogen-bond acceptors (Lipinski definition) is 3. The fourth-order valence-electron chi connectivity index (χ4n) is 2.66. The first-order valence-electron chi connectivity index (χ1n) is 6.62. The van der Waals surface area contributed by atoms with Crippen LogP contribution in [0.15, 0.2) is 35.9 Å². The zero-order chi connectivity index (χ0) is 13.2. The highest BCUT2D eigenvalue weighted by molar-refractivity contribution is 7.19. The maximum Gasteiger partial charge on any atom is 0.124 e. The number of nitrogens with two attached hydrogens (primary N) is 1. The molecule has 1 heterocycles. The molecule has 0 amide bonds. The van der Waals surface area contributed by atoms with Crippen LogP contribution in [0.5, 0.6) is 0 Å². The topological polar surface area (TPSA) is 38.0 Å². The Morgan fingerprint density at radius 1 is 1.26 bits per heavy atom. The smallest absolute Gasteiger partial charge is 0.124 e. The molecular weight excluding hydrogens is 259 g/mol. The van der Waals surface area contributed by atoms with Gasteiger partial charge in [0.25, 0.3) is 0 Å². The first-order valence-corrected chi connectivity index (χ1v) is 7.43. The third kappa shape index (κ3) is 2.56. The van der Waals surface area contributed by atoms with Crippen LogP contribution < -0.4 is 11.3 Å². The van der Waals surface area contributed by atoms with E-state index in [1.807, 2.05) is 6.07 Å². The summed E-state index contributed by atoms with van der Waals surface area (Å²) in [6.07, 6.45) is 7.01. The average molecular weight is 276 g/mol. The summed E-state index contributed by atoms with van der Waals surface area (Å²) in [7, 11) is 0. The second-order valence-electron chi connectivity index (χ2n) is 4.96. The van der Waals surface area contributed by atoms with Gasteiger partial charge in [0.1, 0.15) is 5.82 Å². The summed E-state index contributed by atoms with van der Waals surface area (Å²) in [5.74, 6) is 5.54. The van der Waals surface area contributed by atoms with Gasteiger partial charge in [-0.2, -0.15) is 0 Å². The molecule has 19 heavy (non-hydrogen) atoms. The molecule has 4 heteroatoms. The van der Waals surface area contributed by atoms with Gasteiger partial charge in [0.2, 0.25) is 0 Å². The number of allylic oxidation sites excluding steroid dienone is 1. The number of fused-ring (bicyclic) bond motifs is 1. The van der Waals surface area contributed by atoms with E-state index in [0.717, 1.165) is 27.8 Å². The summed E-state index contributed by atoms with van der Waals surface area (Å²) in [6.45, 7) is 0. The predicted molar refractivity (Wildman–Crippen MR) is 78.4 cm³/mol. The van der Waals surface area contributed by atoms with Crippen LogP contribution in [0.25, 0.3) is 10.1 Å². The molecule has 0 aliphatic heterocycles. The average Bonchev–Trinajstić information content (AvgIpc) is 2.83. The molecule has 1 atom stereocenters. The molecule has 0 radical (unpaired) electrons. The van der Waals surface area contributed by atoms with Gasteiger partial charge in [-0.3, -0.25) is 5.84 Å². The Kier molecular flexibility index (Phi) is 3.64. The van der Waals surface area contributed by atoms with Gasteiger partial charge in [0.15, 0.2) is 0 Å². The van der Waals surface area contributed by atoms with Crippen LogP contribution in [0.3, 0.4) is 0 Å². The van der Waals surface area contributed by atoms with Gasteiger partial charge >= 0.3 is 0 Å². The van der Waals surface area contributed by atoms with Crippen molar-refractivity contribution in [2.24, 2.45) is 5.84 Å². The molecule has 3 rings (SSSR count). The Hall–Kier alpha value is -1.23. The summed E-state index contributed by atoms with van der Waals surface area (Å²) in [4.78, 5) is 1.16. The van der Waals surface area contributed by atoms with Crippen molar-refractivity contribution in [1.82, 2.24) is 5.43 Å². The lowest BCUT2D eigenvalue weighted by molar-refractivity contribution is 0.572. The monoisotopic (exact) mass is 276 g/mol. The van der Waals surface area contributed by atoms with Crippen molar-refractivity contribution in [2.75, 3.05) is 0 Å². The van der Waals surface area contributed by atoms with Gasteiger partial charge < -0.3 is 0 Å². The van der Waals surface area contributed by atoms with E-state index in [4.69, 9.17) is 5.84 Å². The summed E-state index contributed by atoms with van der Waals surface area (Å²) < 4.78 is 14.2. The van der Waals surface area contributed by atoms with Crippen molar-refractivity contribution < 1.29 is 4.39 Å². The van der Waals surface area contributed by atoms with Gasteiger partial charge in [0.05, 0.1) is 6.04 Å². The SMILES string of the molecule is NNC(C1=CCCCC1)c1cc2ccc(F)cc2s1. The van der Waals surface area contributed by atoms with Gasteiger partial charge in [-0.1, -0.05) is 17.7 Å². The van der Waals surface area contributed by atoms with Gasteiger partial charge in [-0.15, -0.1) is 11.3 Å². The number of hydrazine groups is 1. The zero-order valence-electron chi connectivity index (χ0n) is 10.7. The fourth-order valence-corrected chi connectivity index (χ4v) is 3.86. The fraction of sp³-hybridized carbons (Fsp3) is 0.333. The number of benzene rings is 1. The normalized spacial score (nSPS) is 17.5. The Morgan fingerprint density at radius 2 is 2.16 bits per heavy atom. The van der Waals surface area contributed by atoms with Crippen LogP contribution in [0.2, 0.25) is 0 Å². The minimum Gasteiger partial charge on any atom is -0.271 e. The molecule has 1 aromatic heterocycles. The minimum atomic E-state index is -0.185. The van der Waals surface area contributed by atoms with Crippen LogP contribution in [-0.4, -0.2) is 0 Å². The minimum absolute atomic E-state index is 0.0701. The number of thiophene rings is 1. The number of hydrogen-bond donors (Lipinski definition) is 2. The van der Waals surface area contributed by atoms with E-state index in [1.54, 1.807) is 17.4 Å². The maximum atomic E-state index is 13.2. The Balaban J connectivity index is 1.98. The third-order valence-corrected chi connectivity index (χ3v) is 4.81. The lowest BCUT2D eigenvalue weighted by Crippen LogP contribution is -2.29. The van der Waals surface area contributed by atoms with Crippen LogP contribution in [0.4, 0.5) is 4.39 Å². The number of rotatable bonds is 3. The third-order valence-electron chi connectivity index (χ3n) is 3.65. The van der Waals surface area contributed by atoms with Gasteiger partial charge in [-0.25, -0.2) is 9.82 Å². The van der Waals surface area contributed by atoms with E-state index in [-0.39, 0.29) is 11.9 Å².